The highest BCUT2D eigenvalue weighted by atomic mass is 19.4. The molecule has 78 valence electrons. The lowest BCUT2D eigenvalue weighted by molar-refractivity contribution is -0.144. The van der Waals surface area contributed by atoms with Gasteiger partial charge in [0.05, 0.1) is 10.9 Å². The molecule has 2 aromatic heterocycles. The van der Waals surface area contributed by atoms with Crippen molar-refractivity contribution in [1.29, 1.82) is 0 Å². The third-order valence-electron chi connectivity index (χ3n) is 1.78. The average molecular weight is 215 g/mol. The summed E-state index contributed by atoms with van der Waals surface area (Å²) in [4.78, 5) is 19.8. The molecule has 0 atom stereocenters. The Morgan fingerprint density at radius 1 is 1.33 bits per heavy atom. The highest BCUT2D eigenvalue weighted by molar-refractivity contribution is 5.75. The molecule has 2 aromatic rings. The fourth-order valence-electron chi connectivity index (χ4n) is 1.12. The van der Waals surface area contributed by atoms with Crippen LogP contribution in [0.25, 0.3) is 10.9 Å². The summed E-state index contributed by atoms with van der Waals surface area (Å²) in [7, 11) is 0. The van der Waals surface area contributed by atoms with E-state index in [1.165, 1.54) is 18.5 Å². The molecule has 0 saturated carbocycles. The van der Waals surface area contributed by atoms with Crippen molar-refractivity contribution >= 4 is 10.9 Å². The smallest absolute Gasteiger partial charge is 0.302 e. The molecule has 2 heterocycles. The fraction of sp³-hybridized carbons (Fsp3) is 0.125. The second-order valence-electron chi connectivity index (χ2n) is 2.81. The molecule has 0 fully saturated rings. The van der Waals surface area contributed by atoms with E-state index in [9.17, 15) is 18.0 Å². The molecule has 0 unspecified atom stereocenters. The van der Waals surface area contributed by atoms with Crippen LogP contribution in [0.3, 0.4) is 0 Å². The van der Waals surface area contributed by atoms with E-state index in [4.69, 9.17) is 0 Å². The summed E-state index contributed by atoms with van der Waals surface area (Å²) in [5.41, 5.74) is -0.874. The standard InChI is InChI=1S/C8H4F3N3O/c9-8(10,11)7-13-5-1-2-12-3-4(5)6(15)14-7/h1-3H,(H,13,14,15). The van der Waals surface area contributed by atoms with Gasteiger partial charge in [0.1, 0.15) is 0 Å². The topological polar surface area (TPSA) is 58.6 Å². The molecule has 15 heavy (non-hydrogen) atoms. The van der Waals surface area contributed by atoms with Crippen LogP contribution in [0, 0.1) is 0 Å². The first-order valence-corrected chi connectivity index (χ1v) is 3.90. The van der Waals surface area contributed by atoms with E-state index in [2.05, 4.69) is 9.97 Å². The van der Waals surface area contributed by atoms with Gasteiger partial charge in [0.25, 0.3) is 5.56 Å². The highest BCUT2D eigenvalue weighted by Gasteiger charge is 2.34. The molecular weight excluding hydrogens is 211 g/mol. The number of pyridine rings is 1. The molecule has 0 radical (unpaired) electrons. The van der Waals surface area contributed by atoms with Crippen molar-refractivity contribution in [3.8, 4) is 0 Å². The van der Waals surface area contributed by atoms with Crippen LogP contribution in [0.1, 0.15) is 5.82 Å². The van der Waals surface area contributed by atoms with Crippen LogP contribution >= 0.6 is 0 Å². The molecule has 0 aliphatic rings. The Balaban J connectivity index is 2.79. The summed E-state index contributed by atoms with van der Waals surface area (Å²) in [5, 5.41) is 0.0329. The lowest BCUT2D eigenvalue weighted by atomic mass is 10.3. The first kappa shape index (κ1) is 9.63. The van der Waals surface area contributed by atoms with Gasteiger partial charge in [-0.15, -0.1) is 0 Å². The summed E-state index contributed by atoms with van der Waals surface area (Å²) in [6.07, 6.45) is -2.22. The Labute approximate surface area is 80.8 Å². The average Bonchev–Trinajstić information content (AvgIpc) is 2.16. The number of aromatic amines is 1. The third kappa shape index (κ3) is 1.67. The molecular formula is C8H4F3N3O. The van der Waals surface area contributed by atoms with Gasteiger partial charge in [-0.1, -0.05) is 0 Å². The number of hydrogen-bond donors (Lipinski definition) is 1. The SMILES string of the molecule is O=c1[nH]c(C(F)(F)F)nc2ccncc12. The number of alkyl halides is 3. The lowest BCUT2D eigenvalue weighted by Crippen LogP contribution is -2.19. The zero-order valence-corrected chi connectivity index (χ0v) is 7.17. The number of nitrogens with zero attached hydrogens (tertiary/aromatic N) is 2. The second kappa shape index (κ2) is 3.04. The van der Waals surface area contributed by atoms with Crippen molar-refractivity contribution in [3.63, 3.8) is 0 Å². The van der Waals surface area contributed by atoms with E-state index in [1.807, 2.05) is 0 Å². The first-order valence-electron chi connectivity index (χ1n) is 3.90. The van der Waals surface area contributed by atoms with Gasteiger partial charge in [0.2, 0.25) is 5.82 Å². The van der Waals surface area contributed by atoms with Crippen LogP contribution in [-0.2, 0) is 6.18 Å². The number of nitrogens with one attached hydrogen (secondary N) is 1. The summed E-state index contributed by atoms with van der Waals surface area (Å²) in [6, 6.07) is 1.25. The van der Waals surface area contributed by atoms with E-state index in [-0.39, 0.29) is 10.9 Å². The number of aromatic nitrogens is 3. The van der Waals surface area contributed by atoms with Gasteiger partial charge in [-0.05, 0) is 6.07 Å². The zero-order valence-electron chi connectivity index (χ0n) is 7.17. The Hall–Kier alpha value is -1.92. The van der Waals surface area contributed by atoms with Crippen LogP contribution in [0.2, 0.25) is 0 Å². The molecule has 7 heteroatoms. The minimum absolute atomic E-state index is 0.0268. The van der Waals surface area contributed by atoms with Crippen LogP contribution in [0.15, 0.2) is 23.3 Å². The van der Waals surface area contributed by atoms with Gasteiger partial charge in [-0.2, -0.15) is 13.2 Å². The van der Waals surface area contributed by atoms with Gasteiger partial charge < -0.3 is 4.98 Å². The molecule has 0 aliphatic heterocycles. The van der Waals surface area contributed by atoms with Crippen molar-refractivity contribution in [3.05, 3.63) is 34.6 Å². The van der Waals surface area contributed by atoms with Crippen LogP contribution < -0.4 is 5.56 Å². The predicted octanol–water partition coefficient (Wildman–Crippen LogP) is 1.34. The van der Waals surface area contributed by atoms with Crippen LogP contribution in [0.5, 0.6) is 0 Å². The van der Waals surface area contributed by atoms with Crippen LogP contribution in [0.4, 0.5) is 13.2 Å². The highest BCUT2D eigenvalue weighted by Crippen LogP contribution is 2.25. The third-order valence-corrected chi connectivity index (χ3v) is 1.78. The lowest BCUT2D eigenvalue weighted by Gasteiger charge is -2.05. The summed E-state index contributed by atoms with van der Waals surface area (Å²) >= 11 is 0. The Bertz CT molecular complexity index is 561. The molecule has 0 aromatic carbocycles. The number of halogens is 3. The first-order chi connectivity index (χ1) is 6.98. The van der Waals surface area contributed by atoms with Gasteiger partial charge in [-0.25, -0.2) is 4.98 Å². The Morgan fingerprint density at radius 3 is 2.73 bits per heavy atom. The largest absolute Gasteiger partial charge is 0.449 e. The van der Waals surface area contributed by atoms with Gasteiger partial charge in [0.15, 0.2) is 0 Å². The van der Waals surface area contributed by atoms with Crippen LogP contribution in [-0.4, -0.2) is 15.0 Å². The number of fused-ring (bicyclic) bond motifs is 1. The maximum atomic E-state index is 12.2. The minimum atomic E-state index is -4.66. The van der Waals surface area contributed by atoms with E-state index in [0.717, 1.165) is 0 Å². The Morgan fingerprint density at radius 2 is 2.07 bits per heavy atom. The van der Waals surface area contributed by atoms with Crippen molar-refractivity contribution in [2.24, 2.45) is 0 Å². The maximum absolute atomic E-state index is 12.2. The molecule has 0 bridgehead atoms. The monoisotopic (exact) mass is 215 g/mol. The molecule has 0 saturated heterocycles. The van der Waals surface area contributed by atoms with Gasteiger partial charge >= 0.3 is 6.18 Å². The summed E-state index contributed by atoms with van der Waals surface area (Å²) in [5.74, 6) is -1.30. The fourth-order valence-corrected chi connectivity index (χ4v) is 1.12. The molecule has 0 spiro atoms. The zero-order chi connectivity index (χ0) is 11.1. The van der Waals surface area contributed by atoms with E-state index in [1.54, 1.807) is 4.98 Å². The molecule has 0 amide bonds. The Kier molecular flexibility index (Phi) is 1.95. The van der Waals surface area contributed by atoms with Crippen molar-refractivity contribution in [1.82, 2.24) is 15.0 Å². The molecule has 4 nitrogen and oxygen atoms in total. The van der Waals surface area contributed by atoms with E-state index in [0.29, 0.717) is 0 Å². The normalized spacial score (nSPS) is 11.9. The van der Waals surface area contributed by atoms with Crippen molar-refractivity contribution in [2.45, 2.75) is 6.18 Å². The molecule has 0 aliphatic carbocycles. The minimum Gasteiger partial charge on any atom is -0.302 e. The van der Waals surface area contributed by atoms with E-state index < -0.39 is 17.6 Å². The van der Waals surface area contributed by atoms with E-state index >= 15 is 0 Å². The molecule has 1 N–H and O–H groups in total. The quantitative estimate of drug-likeness (QED) is 0.721. The van der Waals surface area contributed by atoms with Gasteiger partial charge in [-0.3, -0.25) is 9.78 Å². The second-order valence-corrected chi connectivity index (χ2v) is 2.81. The summed E-state index contributed by atoms with van der Waals surface area (Å²) in [6.45, 7) is 0. The number of hydrogen-bond acceptors (Lipinski definition) is 3. The van der Waals surface area contributed by atoms with Crippen molar-refractivity contribution < 1.29 is 13.2 Å². The summed E-state index contributed by atoms with van der Waals surface area (Å²) < 4.78 is 36.7. The van der Waals surface area contributed by atoms with Gasteiger partial charge in [0, 0.05) is 12.4 Å². The number of rotatable bonds is 0. The predicted molar refractivity (Wildman–Crippen MR) is 45.2 cm³/mol. The number of H-pyrrole nitrogens is 1. The van der Waals surface area contributed by atoms with Crippen molar-refractivity contribution in [2.75, 3.05) is 0 Å². The molecule has 2 rings (SSSR count). The maximum Gasteiger partial charge on any atom is 0.449 e.